The summed E-state index contributed by atoms with van der Waals surface area (Å²) < 4.78 is 4.88. The molecule has 0 spiro atoms. The summed E-state index contributed by atoms with van der Waals surface area (Å²) in [5.74, 6) is -0.483. The lowest BCUT2D eigenvalue weighted by Gasteiger charge is -2.13. The molecule has 0 unspecified atom stereocenters. The van der Waals surface area contributed by atoms with Gasteiger partial charge < -0.3 is 10.1 Å². The maximum Gasteiger partial charge on any atom is 0.356 e. The standard InChI is InChI=1S/C20H22N4O2S/c1-4-5-11-21-14-12-15(19(25)26-2)22-18-16(13-9-7-6-8-10-13)23-20(27-3)24-17(14)18/h6-10,12H,4-5,11H2,1-3H3,(H,21,22). The maximum atomic E-state index is 12.2. The lowest BCUT2D eigenvalue weighted by molar-refractivity contribution is 0.0594. The predicted molar refractivity (Wildman–Crippen MR) is 109 cm³/mol. The van der Waals surface area contributed by atoms with E-state index in [2.05, 4.69) is 27.2 Å². The molecule has 0 atom stereocenters. The van der Waals surface area contributed by atoms with E-state index in [0.29, 0.717) is 21.9 Å². The van der Waals surface area contributed by atoms with Gasteiger partial charge in [0.25, 0.3) is 0 Å². The van der Waals surface area contributed by atoms with Crippen LogP contribution in [-0.4, -0.2) is 40.8 Å². The largest absolute Gasteiger partial charge is 0.464 e. The van der Waals surface area contributed by atoms with E-state index in [-0.39, 0.29) is 5.69 Å². The number of esters is 1. The molecule has 0 aliphatic carbocycles. The van der Waals surface area contributed by atoms with Crippen molar-refractivity contribution in [2.45, 2.75) is 24.9 Å². The van der Waals surface area contributed by atoms with Gasteiger partial charge in [0.1, 0.15) is 16.7 Å². The molecular weight excluding hydrogens is 360 g/mol. The van der Waals surface area contributed by atoms with Gasteiger partial charge in [-0.3, -0.25) is 0 Å². The molecule has 2 heterocycles. The molecule has 140 valence electrons. The molecule has 27 heavy (non-hydrogen) atoms. The highest BCUT2D eigenvalue weighted by molar-refractivity contribution is 7.98. The normalized spacial score (nSPS) is 10.8. The van der Waals surface area contributed by atoms with Crippen LogP contribution in [0.3, 0.4) is 0 Å². The molecule has 1 aromatic carbocycles. The number of hydrogen-bond donors (Lipinski definition) is 1. The van der Waals surface area contributed by atoms with Gasteiger partial charge in [0.15, 0.2) is 10.9 Å². The maximum absolute atomic E-state index is 12.2. The van der Waals surface area contributed by atoms with Gasteiger partial charge in [-0.2, -0.15) is 0 Å². The Morgan fingerprint density at radius 2 is 1.93 bits per heavy atom. The number of ether oxygens (including phenoxy) is 1. The minimum atomic E-state index is -0.483. The fourth-order valence-electron chi connectivity index (χ4n) is 2.72. The van der Waals surface area contributed by atoms with E-state index in [1.807, 2.05) is 36.6 Å². The van der Waals surface area contributed by atoms with E-state index in [4.69, 9.17) is 4.74 Å². The fourth-order valence-corrected chi connectivity index (χ4v) is 3.08. The number of pyridine rings is 1. The lowest BCUT2D eigenvalue weighted by atomic mass is 10.1. The van der Waals surface area contributed by atoms with Crippen LogP contribution in [0.1, 0.15) is 30.3 Å². The molecule has 2 aromatic heterocycles. The molecule has 0 amide bonds. The van der Waals surface area contributed by atoms with Gasteiger partial charge in [-0.15, -0.1) is 0 Å². The van der Waals surface area contributed by atoms with Gasteiger partial charge in [0, 0.05) is 12.1 Å². The number of rotatable bonds is 7. The Morgan fingerprint density at radius 1 is 1.15 bits per heavy atom. The first-order valence-corrected chi connectivity index (χ1v) is 10.0. The first kappa shape index (κ1) is 19.1. The molecule has 1 N–H and O–H groups in total. The second-order valence-electron chi connectivity index (χ2n) is 5.95. The summed E-state index contributed by atoms with van der Waals surface area (Å²) in [6.45, 7) is 2.92. The van der Waals surface area contributed by atoms with Crippen molar-refractivity contribution >= 4 is 34.5 Å². The molecule has 6 nitrogen and oxygen atoms in total. The number of benzene rings is 1. The van der Waals surface area contributed by atoms with Crippen LogP contribution in [0.25, 0.3) is 22.3 Å². The first-order chi connectivity index (χ1) is 13.2. The topological polar surface area (TPSA) is 77.0 Å². The minimum Gasteiger partial charge on any atom is -0.464 e. The van der Waals surface area contributed by atoms with Gasteiger partial charge >= 0.3 is 5.97 Å². The number of thioether (sulfide) groups is 1. The Kier molecular flexibility index (Phi) is 6.24. The summed E-state index contributed by atoms with van der Waals surface area (Å²) >= 11 is 1.48. The van der Waals surface area contributed by atoms with Crippen molar-refractivity contribution < 1.29 is 9.53 Å². The van der Waals surface area contributed by atoms with Crippen LogP contribution in [-0.2, 0) is 4.74 Å². The van der Waals surface area contributed by atoms with Crippen LogP contribution in [0, 0.1) is 0 Å². The highest BCUT2D eigenvalue weighted by atomic mass is 32.2. The zero-order valence-electron chi connectivity index (χ0n) is 15.7. The Labute approximate surface area is 162 Å². The van der Waals surface area contributed by atoms with Gasteiger partial charge in [-0.05, 0) is 18.7 Å². The third-order valence-electron chi connectivity index (χ3n) is 4.10. The third-order valence-corrected chi connectivity index (χ3v) is 4.65. The van der Waals surface area contributed by atoms with Crippen LogP contribution < -0.4 is 5.32 Å². The zero-order valence-corrected chi connectivity index (χ0v) is 16.5. The summed E-state index contributed by atoms with van der Waals surface area (Å²) in [5.41, 5.74) is 3.92. The summed E-state index contributed by atoms with van der Waals surface area (Å²) in [6, 6.07) is 11.5. The van der Waals surface area contributed by atoms with Crippen molar-refractivity contribution in [2.75, 3.05) is 25.2 Å². The number of unbranched alkanes of at least 4 members (excludes halogenated alkanes) is 1. The number of carbonyl (C=O) groups is 1. The van der Waals surface area contributed by atoms with E-state index in [1.54, 1.807) is 6.07 Å². The number of methoxy groups -OCH3 is 1. The molecular formula is C20H22N4O2S. The number of carbonyl (C=O) groups excluding carboxylic acids is 1. The van der Waals surface area contributed by atoms with Crippen molar-refractivity contribution in [1.29, 1.82) is 0 Å². The van der Waals surface area contributed by atoms with Crippen molar-refractivity contribution in [1.82, 2.24) is 15.0 Å². The van der Waals surface area contributed by atoms with Gasteiger partial charge in [0.2, 0.25) is 0 Å². The Hall–Kier alpha value is -2.67. The van der Waals surface area contributed by atoms with Gasteiger partial charge in [0.05, 0.1) is 12.8 Å². The van der Waals surface area contributed by atoms with Crippen molar-refractivity contribution in [3.8, 4) is 11.3 Å². The van der Waals surface area contributed by atoms with Gasteiger partial charge in [-0.25, -0.2) is 19.7 Å². The lowest BCUT2D eigenvalue weighted by Crippen LogP contribution is -2.10. The van der Waals surface area contributed by atoms with Crippen molar-refractivity contribution in [3.63, 3.8) is 0 Å². The van der Waals surface area contributed by atoms with Crippen LogP contribution in [0.5, 0.6) is 0 Å². The van der Waals surface area contributed by atoms with Crippen LogP contribution in [0.4, 0.5) is 5.69 Å². The second kappa shape index (κ2) is 8.81. The third kappa shape index (κ3) is 4.19. The number of aromatic nitrogens is 3. The smallest absolute Gasteiger partial charge is 0.356 e. The highest BCUT2D eigenvalue weighted by Gasteiger charge is 2.18. The average Bonchev–Trinajstić information content (AvgIpc) is 2.73. The SMILES string of the molecule is CCCCNc1cc(C(=O)OC)nc2c(-c3ccccc3)nc(SC)nc12. The molecule has 0 saturated carbocycles. The Balaban J connectivity index is 2.27. The van der Waals surface area contributed by atoms with E-state index < -0.39 is 5.97 Å². The average molecular weight is 382 g/mol. The van der Waals surface area contributed by atoms with E-state index >= 15 is 0 Å². The Morgan fingerprint density at radius 3 is 2.59 bits per heavy atom. The zero-order chi connectivity index (χ0) is 19.2. The molecule has 0 radical (unpaired) electrons. The summed E-state index contributed by atoms with van der Waals surface area (Å²) in [4.78, 5) is 26.0. The molecule has 3 aromatic rings. The molecule has 3 rings (SSSR count). The Bertz CT molecular complexity index is 948. The predicted octanol–water partition coefficient (Wildman–Crippen LogP) is 4.41. The van der Waals surface area contributed by atoms with E-state index in [9.17, 15) is 4.79 Å². The van der Waals surface area contributed by atoms with Crippen molar-refractivity contribution in [2.24, 2.45) is 0 Å². The molecule has 0 bridgehead atoms. The van der Waals surface area contributed by atoms with E-state index in [1.165, 1.54) is 18.9 Å². The number of nitrogens with one attached hydrogen (secondary N) is 1. The van der Waals surface area contributed by atoms with Crippen LogP contribution in [0.15, 0.2) is 41.6 Å². The van der Waals surface area contributed by atoms with E-state index in [0.717, 1.165) is 30.6 Å². The monoisotopic (exact) mass is 382 g/mol. The van der Waals surface area contributed by atoms with Crippen molar-refractivity contribution in [3.05, 3.63) is 42.1 Å². The number of fused-ring (bicyclic) bond motifs is 1. The molecule has 7 heteroatoms. The fraction of sp³-hybridized carbons (Fsp3) is 0.300. The number of hydrogen-bond acceptors (Lipinski definition) is 7. The summed E-state index contributed by atoms with van der Waals surface area (Å²) in [5, 5.41) is 4.05. The minimum absolute atomic E-state index is 0.238. The molecule has 0 saturated heterocycles. The number of anilines is 1. The number of nitrogens with zero attached hydrogens (tertiary/aromatic N) is 3. The molecule has 0 aliphatic rings. The molecule has 0 aliphatic heterocycles. The van der Waals surface area contributed by atoms with Crippen LogP contribution in [0.2, 0.25) is 0 Å². The molecule has 0 fully saturated rings. The first-order valence-electron chi connectivity index (χ1n) is 8.82. The summed E-state index contributed by atoms with van der Waals surface area (Å²) in [6.07, 6.45) is 4.03. The van der Waals surface area contributed by atoms with Crippen LogP contribution >= 0.6 is 11.8 Å². The highest BCUT2D eigenvalue weighted by Crippen LogP contribution is 2.31. The van der Waals surface area contributed by atoms with Gasteiger partial charge in [-0.1, -0.05) is 55.4 Å². The quantitative estimate of drug-likeness (QED) is 0.281. The summed E-state index contributed by atoms with van der Waals surface area (Å²) in [7, 11) is 1.35. The second-order valence-corrected chi connectivity index (χ2v) is 6.72.